The highest BCUT2D eigenvalue weighted by Crippen LogP contribution is 2.35. The second kappa shape index (κ2) is 7.69. The van der Waals surface area contributed by atoms with Gasteiger partial charge in [-0.15, -0.1) is 13.2 Å². The minimum Gasteiger partial charge on any atom is -0.405 e. The van der Waals surface area contributed by atoms with Crippen LogP contribution in [0.25, 0.3) is 33.7 Å². The van der Waals surface area contributed by atoms with E-state index >= 15 is 0 Å². The quantitative estimate of drug-likeness (QED) is 0.375. The second-order valence-corrected chi connectivity index (χ2v) is 9.06. The minimum absolute atomic E-state index is 0.115. The van der Waals surface area contributed by atoms with E-state index in [1.807, 2.05) is 10.7 Å². The number of nitrogens with one attached hydrogen (secondary N) is 1. The van der Waals surface area contributed by atoms with Crippen LogP contribution in [-0.4, -0.2) is 26.1 Å². The summed E-state index contributed by atoms with van der Waals surface area (Å²) >= 11 is 0. The van der Waals surface area contributed by atoms with Gasteiger partial charge in [0, 0.05) is 17.0 Å². The number of rotatable bonds is 4. The van der Waals surface area contributed by atoms with E-state index in [0.29, 0.717) is 28.0 Å². The monoisotopic (exact) mass is 442 g/mol. The molecule has 0 atom stereocenters. The van der Waals surface area contributed by atoms with E-state index in [9.17, 15) is 13.2 Å². The number of benzene rings is 2. The fourth-order valence-corrected chi connectivity index (χ4v) is 3.55. The predicted octanol–water partition coefficient (Wildman–Crippen LogP) is 6.87. The number of alkyl halides is 3. The fraction of sp³-hybridized carbons (Fsp3) is 0.333. The molecule has 5 nitrogen and oxygen atoms in total. The molecule has 0 fully saturated rings. The molecule has 168 valence electrons. The molecule has 0 saturated heterocycles. The molecule has 32 heavy (non-hydrogen) atoms. The van der Waals surface area contributed by atoms with Gasteiger partial charge >= 0.3 is 6.36 Å². The molecule has 0 spiro atoms. The van der Waals surface area contributed by atoms with E-state index in [1.165, 1.54) is 12.1 Å². The lowest BCUT2D eigenvalue weighted by molar-refractivity contribution is -0.274. The van der Waals surface area contributed by atoms with Gasteiger partial charge in [-0.1, -0.05) is 45.0 Å². The number of aromatic amines is 1. The summed E-state index contributed by atoms with van der Waals surface area (Å²) in [6.45, 7) is 10.4. The zero-order valence-electron chi connectivity index (χ0n) is 18.6. The molecule has 0 amide bonds. The van der Waals surface area contributed by atoms with Crippen LogP contribution in [0, 0.1) is 0 Å². The van der Waals surface area contributed by atoms with Gasteiger partial charge in [0.1, 0.15) is 11.4 Å². The van der Waals surface area contributed by atoms with Crippen LogP contribution in [-0.2, 0) is 5.41 Å². The number of aromatic nitrogens is 4. The Morgan fingerprint density at radius 2 is 1.72 bits per heavy atom. The van der Waals surface area contributed by atoms with E-state index in [1.54, 1.807) is 30.3 Å². The zero-order chi connectivity index (χ0) is 23.3. The summed E-state index contributed by atoms with van der Waals surface area (Å²) in [4.78, 5) is 8.03. The van der Waals surface area contributed by atoms with Crippen LogP contribution >= 0.6 is 0 Å². The van der Waals surface area contributed by atoms with Crippen LogP contribution in [0.15, 0.2) is 48.5 Å². The van der Waals surface area contributed by atoms with Gasteiger partial charge in [-0.05, 0) is 43.7 Å². The Kier molecular flexibility index (Phi) is 5.27. The van der Waals surface area contributed by atoms with Crippen LogP contribution in [0.2, 0.25) is 0 Å². The van der Waals surface area contributed by atoms with E-state index < -0.39 is 6.36 Å². The Balaban J connectivity index is 1.79. The van der Waals surface area contributed by atoms with Crippen molar-refractivity contribution >= 4 is 11.0 Å². The van der Waals surface area contributed by atoms with Gasteiger partial charge in [0.2, 0.25) is 0 Å². The van der Waals surface area contributed by atoms with E-state index in [4.69, 9.17) is 10.1 Å². The third kappa shape index (κ3) is 4.35. The summed E-state index contributed by atoms with van der Waals surface area (Å²) in [7, 11) is 0. The largest absolute Gasteiger partial charge is 0.573 e. The molecule has 1 N–H and O–H groups in total. The summed E-state index contributed by atoms with van der Waals surface area (Å²) in [5, 5.41) is 4.77. The minimum atomic E-state index is -4.76. The molecule has 2 aromatic carbocycles. The molecule has 0 unspecified atom stereocenters. The van der Waals surface area contributed by atoms with Crippen molar-refractivity contribution in [1.29, 1.82) is 0 Å². The highest BCUT2D eigenvalue weighted by molar-refractivity contribution is 5.85. The first kappa shape index (κ1) is 21.9. The van der Waals surface area contributed by atoms with E-state index in [0.717, 1.165) is 11.4 Å². The second-order valence-electron chi connectivity index (χ2n) is 9.06. The number of hydrogen-bond acceptors (Lipinski definition) is 3. The van der Waals surface area contributed by atoms with Gasteiger partial charge < -0.3 is 9.72 Å². The molecule has 0 aliphatic carbocycles. The lowest BCUT2D eigenvalue weighted by Gasteiger charge is -2.14. The van der Waals surface area contributed by atoms with Crippen molar-refractivity contribution in [1.82, 2.24) is 19.7 Å². The maximum absolute atomic E-state index is 12.8. The molecular weight excluding hydrogens is 417 g/mol. The molecule has 0 radical (unpaired) electrons. The van der Waals surface area contributed by atoms with Crippen LogP contribution in [0.4, 0.5) is 13.2 Å². The Bertz CT molecular complexity index is 1260. The number of H-pyrrole nitrogens is 1. The maximum atomic E-state index is 12.8. The first-order chi connectivity index (χ1) is 14.9. The topological polar surface area (TPSA) is 55.7 Å². The SMILES string of the molecule is CC(C)n1nc(C(C)(C)C)cc1-c1nc2ccc(-c3ccccc3OC(F)(F)F)cc2[nH]1. The Hall–Kier alpha value is -3.29. The number of imidazole rings is 1. The maximum Gasteiger partial charge on any atom is 0.573 e. The Morgan fingerprint density at radius 1 is 1.00 bits per heavy atom. The van der Waals surface area contributed by atoms with Crippen molar-refractivity contribution in [3.63, 3.8) is 0 Å². The van der Waals surface area contributed by atoms with Crippen molar-refractivity contribution in [2.45, 2.75) is 52.4 Å². The van der Waals surface area contributed by atoms with Crippen molar-refractivity contribution < 1.29 is 17.9 Å². The molecule has 2 heterocycles. The van der Waals surface area contributed by atoms with Gasteiger partial charge in [0.25, 0.3) is 0 Å². The van der Waals surface area contributed by atoms with Crippen LogP contribution in [0.1, 0.15) is 46.4 Å². The van der Waals surface area contributed by atoms with Gasteiger partial charge in [0.05, 0.1) is 16.7 Å². The number of hydrogen-bond donors (Lipinski definition) is 1. The number of nitrogens with zero attached hydrogens (tertiary/aromatic N) is 3. The molecule has 0 bridgehead atoms. The van der Waals surface area contributed by atoms with Crippen LogP contribution in [0.5, 0.6) is 5.75 Å². The smallest absolute Gasteiger partial charge is 0.405 e. The molecular formula is C24H25F3N4O. The van der Waals surface area contributed by atoms with Crippen molar-refractivity contribution in [2.75, 3.05) is 0 Å². The predicted molar refractivity (Wildman–Crippen MR) is 119 cm³/mol. The van der Waals surface area contributed by atoms with Crippen molar-refractivity contribution in [2.24, 2.45) is 0 Å². The number of para-hydroxylation sites is 1. The summed E-state index contributed by atoms with van der Waals surface area (Å²) in [5.41, 5.74) is 4.09. The molecule has 4 rings (SSSR count). The molecule has 8 heteroatoms. The average molecular weight is 442 g/mol. The fourth-order valence-electron chi connectivity index (χ4n) is 3.55. The average Bonchev–Trinajstić information content (AvgIpc) is 3.30. The van der Waals surface area contributed by atoms with E-state index in [-0.39, 0.29) is 17.2 Å². The molecule has 0 aliphatic heterocycles. The van der Waals surface area contributed by atoms with Crippen LogP contribution < -0.4 is 4.74 Å². The summed E-state index contributed by atoms with van der Waals surface area (Å²) in [5.74, 6) is 0.417. The standard InChI is InChI=1S/C24H25F3N4O/c1-14(2)31-19(13-21(30-31)23(3,4)5)22-28-17-11-10-15(12-18(17)29-22)16-8-6-7-9-20(16)32-24(25,26)27/h6-14H,1-5H3,(H,28,29). The highest BCUT2D eigenvalue weighted by Gasteiger charge is 2.32. The molecule has 0 saturated carbocycles. The number of halogens is 3. The highest BCUT2D eigenvalue weighted by atomic mass is 19.4. The van der Waals surface area contributed by atoms with Gasteiger partial charge in [-0.3, -0.25) is 4.68 Å². The number of ether oxygens (including phenoxy) is 1. The summed E-state index contributed by atoms with van der Waals surface area (Å²) in [6.07, 6.45) is -4.76. The molecule has 4 aromatic rings. The lowest BCUT2D eigenvalue weighted by Crippen LogP contribution is -2.17. The molecule has 2 aromatic heterocycles. The van der Waals surface area contributed by atoms with Crippen molar-refractivity contribution in [3.8, 4) is 28.4 Å². The summed E-state index contributed by atoms with van der Waals surface area (Å²) in [6, 6.07) is 13.6. The third-order valence-electron chi connectivity index (χ3n) is 5.14. The van der Waals surface area contributed by atoms with Gasteiger partial charge in [-0.2, -0.15) is 5.10 Å². The lowest BCUT2D eigenvalue weighted by atomic mass is 9.92. The van der Waals surface area contributed by atoms with E-state index in [2.05, 4.69) is 44.3 Å². The Morgan fingerprint density at radius 3 is 2.38 bits per heavy atom. The third-order valence-corrected chi connectivity index (χ3v) is 5.14. The first-order valence-electron chi connectivity index (χ1n) is 10.4. The molecule has 0 aliphatic rings. The van der Waals surface area contributed by atoms with Crippen molar-refractivity contribution in [3.05, 3.63) is 54.2 Å². The Labute approximate surface area is 184 Å². The van der Waals surface area contributed by atoms with Crippen LogP contribution in [0.3, 0.4) is 0 Å². The first-order valence-corrected chi connectivity index (χ1v) is 10.4. The van der Waals surface area contributed by atoms with Gasteiger partial charge in [-0.25, -0.2) is 4.98 Å². The zero-order valence-corrected chi connectivity index (χ0v) is 18.6. The van der Waals surface area contributed by atoms with Gasteiger partial charge in [0.15, 0.2) is 5.82 Å². The number of fused-ring (bicyclic) bond motifs is 1. The summed E-state index contributed by atoms with van der Waals surface area (Å²) < 4.78 is 44.6. The normalized spacial score (nSPS) is 12.7.